The number of rotatable bonds is 1. The first kappa shape index (κ1) is 9.81. The van der Waals surface area contributed by atoms with Crippen molar-refractivity contribution in [3.63, 3.8) is 0 Å². The Morgan fingerprint density at radius 2 is 1.92 bits per heavy atom. The van der Waals surface area contributed by atoms with E-state index < -0.39 is 5.97 Å². The maximum absolute atomic E-state index is 10.7. The zero-order chi connectivity index (χ0) is 7.84. The number of hydrogen-bond donors (Lipinski definition) is 1. The second-order valence-corrected chi connectivity index (χ2v) is 3.57. The smallest absolute Gasteiger partial charge is 0.320 e. The largest absolute Gasteiger partial charge is 0.480 e. The van der Waals surface area contributed by atoms with Gasteiger partial charge < -0.3 is 5.11 Å². The molecule has 2 bridgehead atoms. The lowest BCUT2D eigenvalue weighted by Gasteiger charge is -2.43. The molecule has 3 saturated heterocycles. The molecule has 1 N–H and O–H groups in total. The Balaban J connectivity index is 0.000000720. The lowest BCUT2D eigenvalue weighted by atomic mass is 9.83. The van der Waals surface area contributed by atoms with Crippen LogP contribution in [0, 0.1) is 5.92 Å². The maximum atomic E-state index is 10.7. The van der Waals surface area contributed by atoms with Crippen LogP contribution in [-0.2, 0) is 4.79 Å². The summed E-state index contributed by atoms with van der Waals surface area (Å²) in [6.07, 6.45) is 3.31. The van der Waals surface area contributed by atoms with Crippen molar-refractivity contribution in [2.45, 2.75) is 25.3 Å². The third kappa shape index (κ3) is 1.57. The summed E-state index contributed by atoms with van der Waals surface area (Å²) < 4.78 is 0. The van der Waals surface area contributed by atoms with E-state index in [1.54, 1.807) is 0 Å². The average Bonchev–Trinajstić information content (AvgIpc) is 2.06. The van der Waals surface area contributed by atoms with Gasteiger partial charge in [-0.1, -0.05) is 0 Å². The molecule has 3 aliphatic rings. The molecule has 0 amide bonds. The molecule has 0 aromatic carbocycles. The lowest BCUT2D eigenvalue weighted by Crippen LogP contribution is -2.52. The van der Waals surface area contributed by atoms with Crippen molar-refractivity contribution in [3.8, 4) is 0 Å². The van der Waals surface area contributed by atoms with Crippen molar-refractivity contribution in [2.75, 3.05) is 13.1 Å². The minimum atomic E-state index is -0.630. The highest BCUT2D eigenvalue weighted by Crippen LogP contribution is 2.31. The molecule has 0 radical (unpaired) electrons. The Hall–Kier alpha value is -0.280. The van der Waals surface area contributed by atoms with E-state index >= 15 is 0 Å². The standard InChI is InChI=1S/C8H13NO2.ClH/c10-8(11)7-5-6-1-3-9(7)4-2-6;/h6-7H,1-5H2,(H,10,11);1H/t7-;/m1./s1. The van der Waals surface area contributed by atoms with Gasteiger partial charge >= 0.3 is 5.97 Å². The molecule has 3 fully saturated rings. The first-order chi connectivity index (χ1) is 5.27. The fourth-order valence-electron chi connectivity index (χ4n) is 2.22. The van der Waals surface area contributed by atoms with Gasteiger partial charge in [-0.2, -0.15) is 0 Å². The number of hydrogen-bond acceptors (Lipinski definition) is 2. The van der Waals surface area contributed by atoms with Gasteiger partial charge in [0.15, 0.2) is 0 Å². The van der Waals surface area contributed by atoms with E-state index in [1.807, 2.05) is 0 Å². The second kappa shape index (κ2) is 3.62. The van der Waals surface area contributed by atoms with Gasteiger partial charge in [0.2, 0.25) is 0 Å². The zero-order valence-corrected chi connectivity index (χ0v) is 7.72. The van der Waals surface area contributed by atoms with Gasteiger partial charge in [0.05, 0.1) is 0 Å². The summed E-state index contributed by atoms with van der Waals surface area (Å²) in [6.45, 7) is 2.00. The van der Waals surface area contributed by atoms with Gasteiger partial charge in [-0.25, -0.2) is 0 Å². The highest BCUT2D eigenvalue weighted by atomic mass is 35.5. The van der Waals surface area contributed by atoms with Gasteiger partial charge in [-0.3, -0.25) is 9.69 Å². The third-order valence-electron chi connectivity index (χ3n) is 2.93. The molecular formula is C8H14ClNO2. The van der Waals surface area contributed by atoms with E-state index in [0.29, 0.717) is 5.92 Å². The van der Waals surface area contributed by atoms with E-state index in [0.717, 1.165) is 19.5 Å². The Kier molecular flexibility index (Phi) is 2.96. The van der Waals surface area contributed by atoms with Gasteiger partial charge in [0.1, 0.15) is 6.04 Å². The van der Waals surface area contributed by atoms with E-state index in [4.69, 9.17) is 5.11 Å². The SMILES string of the molecule is Cl.O=C(O)[C@H]1CC2CCN1CC2. The molecule has 12 heavy (non-hydrogen) atoms. The molecule has 0 saturated carbocycles. The van der Waals surface area contributed by atoms with E-state index in [1.165, 1.54) is 12.8 Å². The number of carbonyl (C=O) groups is 1. The highest BCUT2D eigenvalue weighted by Gasteiger charge is 2.37. The topological polar surface area (TPSA) is 40.5 Å². The number of halogens is 1. The second-order valence-electron chi connectivity index (χ2n) is 3.57. The summed E-state index contributed by atoms with van der Waals surface area (Å²) in [5.74, 6) is 0.0653. The summed E-state index contributed by atoms with van der Waals surface area (Å²) in [5, 5.41) is 8.82. The summed E-state index contributed by atoms with van der Waals surface area (Å²) in [6, 6.07) is -0.164. The summed E-state index contributed by atoms with van der Waals surface area (Å²) in [7, 11) is 0. The van der Waals surface area contributed by atoms with E-state index in [9.17, 15) is 4.79 Å². The molecule has 0 aliphatic carbocycles. The average molecular weight is 192 g/mol. The molecule has 70 valence electrons. The first-order valence-electron chi connectivity index (χ1n) is 4.24. The van der Waals surface area contributed by atoms with Crippen LogP contribution >= 0.6 is 12.4 Å². The van der Waals surface area contributed by atoms with Crippen LogP contribution in [0.1, 0.15) is 19.3 Å². The van der Waals surface area contributed by atoms with Crippen LogP contribution < -0.4 is 0 Å². The number of carboxylic acid groups (broad SMARTS) is 1. The monoisotopic (exact) mass is 191 g/mol. The number of fused-ring (bicyclic) bond motifs is 3. The molecule has 0 aromatic rings. The summed E-state index contributed by atoms with van der Waals surface area (Å²) >= 11 is 0. The van der Waals surface area contributed by atoms with Gasteiger partial charge in [0, 0.05) is 0 Å². The van der Waals surface area contributed by atoms with Gasteiger partial charge in [-0.15, -0.1) is 12.4 Å². The molecular weight excluding hydrogens is 178 g/mol. The highest BCUT2D eigenvalue weighted by molar-refractivity contribution is 5.85. The summed E-state index contributed by atoms with van der Waals surface area (Å²) in [5.41, 5.74) is 0. The Bertz CT molecular complexity index is 178. The fraction of sp³-hybridized carbons (Fsp3) is 0.875. The summed E-state index contributed by atoms with van der Waals surface area (Å²) in [4.78, 5) is 12.8. The van der Waals surface area contributed by atoms with Crippen LogP contribution in [-0.4, -0.2) is 35.1 Å². The number of nitrogens with zero attached hydrogens (tertiary/aromatic N) is 1. The van der Waals surface area contributed by atoms with Crippen molar-refractivity contribution in [1.82, 2.24) is 4.90 Å². The molecule has 3 rings (SSSR count). The van der Waals surface area contributed by atoms with E-state index in [-0.39, 0.29) is 18.4 Å². The molecule has 3 heterocycles. The van der Waals surface area contributed by atoms with Crippen LogP contribution in [0.5, 0.6) is 0 Å². The van der Waals surface area contributed by atoms with Crippen molar-refractivity contribution in [3.05, 3.63) is 0 Å². The predicted octanol–water partition coefficient (Wildman–Crippen LogP) is 0.977. The molecule has 1 atom stereocenters. The van der Waals surface area contributed by atoms with Crippen LogP contribution in [0.4, 0.5) is 0 Å². The third-order valence-corrected chi connectivity index (χ3v) is 2.93. The van der Waals surface area contributed by atoms with Crippen molar-refractivity contribution in [2.24, 2.45) is 5.92 Å². The maximum Gasteiger partial charge on any atom is 0.320 e. The first-order valence-corrected chi connectivity index (χ1v) is 4.24. The predicted molar refractivity (Wildman–Crippen MR) is 47.6 cm³/mol. The number of aliphatic carboxylic acids is 1. The van der Waals surface area contributed by atoms with E-state index in [2.05, 4.69) is 4.90 Å². The Morgan fingerprint density at radius 3 is 2.17 bits per heavy atom. The number of piperidine rings is 3. The van der Waals surface area contributed by atoms with Crippen molar-refractivity contribution >= 4 is 18.4 Å². The van der Waals surface area contributed by atoms with Crippen LogP contribution in [0.25, 0.3) is 0 Å². The van der Waals surface area contributed by atoms with Gasteiger partial charge in [0.25, 0.3) is 0 Å². The van der Waals surface area contributed by atoms with Crippen LogP contribution in [0.3, 0.4) is 0 Å². The van der Waals surface area contributed by atoms with Crippen molar-refractivity contribution < 1.29 is 9.90 Å². The van der Waals surface area contributed by atoms with Crippen molar-refractivity contribution in [1.29, 1.82) is 0 Å². The minimum Gasteiger partial charge on any atom is -0.480 e. The Labute approximate surface area is 78.2 Å². The normalized spacial score (nSPS) is 38.8. The Morgan fingerprint density at radius 1 is 1.33 bits per heavy atom. The van der Waals surface area contributed by atoms with Crippen LogP contribution in [0.15, 0.2) is 0 Å². The quantitative estimate of drug-likeness (QED) is 0.672. The number of carboxylic acids is 1. The molecule has 3 nitrogen and oxygen atoms in total. The lowest BCUT2D eigenvalue weighted by molar-refractivity contribution is -0.147. The van der Waals surface area contributed by atoms with Gasteiger partial charge in [-0.05, 0) is 38.3 Å². The van der Waals surface area contributed by atoms with Crippen LogP contribution in [0.2, 0.25) is 0 Å². The molecule has 0 aromatic heterocycles. The molecule has 0 unspecified atom stereocenters. The molecule has 0 spiro atoms. The molecule has 3 aliphatic heterocycles. The zero-order valence-electron chi connectivity index (χ0n) is 6.90. The molecule has 4 heteroatoms. The fourth-order valence-corrected chi connectivity index (χ4v) is 2.22. The minimum absolute atomic E-state index is 0.